The van der Waals surface area contributed by atoms with Gasteiger partial charge in [-0.15, -0.1) is 0 Å². The predicted molar refractivity (Wildman–Crippen MR) is 188 cm³/mol. The van der Waals surface area contributed by atoms with Crippen molar-refractivity contribution in [3.63, 3.8) is 0 Å². The van der Waals surface area contributed by atoms with Gasteiger partial charge in [0.05, 0.1) is 6.04 Å². The Bertz CT molecular complexity index is 1980. The van der Waals surface area contributed by atoms with E-state index in [2.05, 4.69) is 154 Å². The van der Waals surface area contributed by atoms with Gasteiger partial charge in [0.25, 0.3) is 0 Å². The van der Waals surface area contributed by atoms with Crippen molar-refractivity contribution >= 4 is 16.8 Å². The number of nitrogens with zero attached hydrogens (tertiary/aromatic N) is 1. The molecule has 216 valence electrons. The molecule has 8 rings (SSSR count). The minimum Gasteiger partial charge on any atom is -0.339 e. The molecule has 0 saturated heterocycles. The molecule has 3 atom stereocenters. The SMILES string of the molecule is CC=C(C)N1c2cccc(C)c2C2CC1C=CC=C2c1cccc(-c2ccc3c(c2)-c2ccccc2C2CC=CC=C32)c1C. The Morgan fingerprint density at radius 3 is 2.41 bits per heavy atom. The molecule has 3 unspecified atom stereocenters. The molecular weight excluding hydrogens is 530 g/mol. The van der Waals surface area contributed by atoms with E-state index >= 15 is 0 Å². The van der Waals surface area contributed by atoms with E-state index in [1.165, 1.54) is 78.2 Å². The van der Waals surface area contributed by atoms with Gasteiger partial charge in [0.15, 0.2) is 0 Å². The molecule has 3 aliphatic carbocycles. The maximum Gasteiger partial charge on any atom is 0.0531 e. The summed E-state index contributed by atoms with van der Waals surface area (Å²) < 4.78 is 0. The van der Waals surface area contributed by atoms with Crippen molar-refractivity contribution in [2.24, 2.45) is 0 Å². The summed E-state index contributed by atoms with van der Waals surface area (Å²) in [4.78, 5) is 2.54. The first-order chi connectivity index (χ1) is 21.5. The summed E-state index contributed by atoms with van der Waals surface area (Å²) in [6, 6.07) is 30.3. The lowest BCUT2D eigenvalue weighted by atomic mass is 9.72. The largest absolute Gasteiger partial charge is 0.339 e. The van der Waals surface area contributed by atoms with E-state index in [1.807, 2.05) is 0 Å². The molecule has 1 nitrogen and oxygen atoms in total. The molecule has 2 bridgehead atoms. The van der Waals surface area contributed by atoms with Gasteiger partial charge in [0.1, 0.15) is 0 Å². The summed E-state index contributed by atoms with van der Waals surface area (Å²) in [5.74, 6) is 0.799. The molecule has 1 heterocycles. The fraction of sp³-hybridized carbons (Fsp3) is 0.209. The number of rotatable bonds is 3. The maximum absolute atomic E-state index is 2.54. The average Bonchev–Trinajstić information content (AvgIpc) is 3.24. The highest BCUT2D eigenvalue weighted by atomic mass is 15.2. The zero-order chi connectivity index (χ0) is 29.9. The van der Waals surface area contributed by atoms with Crippen LogP contribution in [0.15, 0.2) is 127 Å². The Balaban J connectivity index is 1.25. The molecule has 4 aromatic rings. The quantitative estimate of drug-likeness (QED) is 0.237. The summed E-state index contributed by atoms with van der Waals surface area (Å²) in [5.41, 5.74) is 19.3. The molecule has 0 spiro atoms. The van der Waals surface area contributed by atoms with Crippen LogP contribution in [0, 0.1) is 13.8 Å². The van der Waals surface area contributed by atoms with E-state index < -0.39 is 0 Å². The molecule has 0 aromatic heterocycles. The van der Waals surface area contributed by atoms with Crippen LogP contribution in [0.1, 0.15) is 71.9 Å². The van der Waals surface area contributed by atoms with Crippen LogP contribution in [-0.2, 0) is 0 Å². The van der Waals surface area contributed by atoms with Crippen LogP contribution in [0.2, 0.25) is 0 Å². The number of allylic oxidation sites excluding steroid dienone is 9. The Hall–Kier alpha value is -4.62. The number of hydrogen-bond donors (Lipinski definition) is 0. The van der Waals surface area contributed by atoms with Gasteiger partial charge in [-0.05, 0) is 119 Å². The summed E-state index contributed by atoms with van der Waals surface area (Å²) >= 11 is 0. The Morgan fingerprint density at radius 1 is 0.750 bits per heavy atom. The average molecular weight is 570 g/mol. The highest BCUT2D eigenvalue weighted by Crippen LogP contribution is 2.52. The van der Waals surface area contributed by atoms with E-state index in [0.717, 1.165) is 12.8 Å². The first kappa shape index (κ1) is 27.0. The van der Waals surface area contributed by atoms with Crippen molar-refractivity contribution in [3.8, 4) is 22.3 Å². The molecule has 0 radical (unpaired) electrons. The van der Waals surface area contributed by atoms with Gasteiger partial charge in [0, 0.05) is 23.2 Å². The summed E-state index contributed by atoms with van der Waals surface area (Å²) in [6.07, 6.45) is 18.4. The van der Waals surface area contributed by atoms with Crippen molar-refractivity contribution in [1.29, 1.82) is 0 Å². The second-order valence-electron chi connectivity index (χ2n) is 12.8. The predicted octanol–water partition coefficient (Wildman–Crippen LogP) is 11.3. The topological polar surface area (TPSA) is 3.24 Å². The van der Waals surface area contributed by atoms with Crippen molar-refractivity contribution in [1.82, 2.24) is 0 Å². The van der Waals surface area contributed by atoms with E-state index in [9.17, 15) is 0 Å². The second-order valence-corrected chi connectivity index (χ2v) is 12.8. The third-order valence-electron chi connectivity index (χ3n) is 10.6. The molecule has 0 saturated carbocycles. The molecular formula is C43H39N. The first-order valence-corrected chi connectivity index (χ1v) is 16.2. The molecule has 4 aromatic carbocycles. The number of anilines is 1. The lowest BCUT2D eigenvalue weighted by molar-refractivity contribution is 0.609. The highest BCUT2D eigenvalue weighted by molar-refractivity contribution is 5.94. The van der Waals surface area contributed by atoms with Crippen LogP contribution in [0.25, 0.3) is 33.4 Å². The maximum atomic E-state index is 2.54. The Morgan fingerprint density at radius 2 is 1.52 bits per heavy atom. The zero-order valence-corrected chi connectivity index (χ0v) is 26.1. The van der Waals surface area contributed by atoms with Gasteiger partial charge in [-0.1, -0.05) is 109 Å². The molecule has 0 amide bonds. The van der Waals surface area contributed by atoms with Crippen LogP contribution in [0.4, 0.5) is 5.69 Å². The third-order valence-corrected chi connectivity index (χ3v) is 10.6. The number of aryl methyl sites for hydroxylation is 1. The number of fused-ring (bicyclic) bond motifs is 10. The smallest absolute Gasteiger partial charge is 0.0531 e. The fourth-order valence-corrected chi connectivity index (χ4v) is 8.39. The van der Waals surface area contributed by atoms with E-state index in [1.54, 1.807) is 0 Å². The van der Waals surface area contributed by atoms with Gasteiger partial charge in [0.2, 0.25) is 0 Å². The lowest BCUT2D eigenvalue weighted by Gasteiger charge is -2.42. The van der Waals surface area contributed by atoms with Crippen molar-refractivity contribution in [2.45, 2.75) is 58.4 Å². The number of hydrogen-bond acceptors (Lipinski definition) is 1. The zero-order valence-electron chi connectivity index (χ0n) is 26.1. The minimum absolute atomic E-state index is 0.344. The van der Waals surface area contributed by atoms with Gasteiger partial charge in [-0.3, -0.25) is 0 Å². The van der Waals surface area contributed by atoms with E-state index in [0.29, 0.717) is 17.9 Å². The lowest BCUT2D eigenvalue weighted by Crippen LogP contribution is -2.38. The van der Waals surface area contributed by atoms with Crippen LogP contribution in [-0.4, -0.2) is 6.04 Å². The molecule has 44 heavy (non-hydrogen) atoms. The fourth-order valence-electron chi connectivity index (χ4n) is 8.39. The molecule has 4 aliphatic rings. The van der Waals surface area contributed by atoms with Crippen LogP contribution < -0.4 is 4.90 Å². The second kappa shape index (κ2) is 10.5. The summed E-state index contributed by atoms with van der Waals surface area (Å²) in [7, 11) is 0. The van der Waals surface area contributed by atoms with Crippen molar-refractivity contribution in [3.05, 3.63) is 160 Å². The summed E-state index contributed by atoms with van der Waals surface area (Å²) in [5, 5.41) is 0. The van der Waals surface area contributed by atoms with Crippen molar-refractivity contribution < 1.29 is 0 Å². The monoisotopic (exact) mass is 569 g/mol. The molecule has 0 fully saturated rings. The standard InChI is InChI=1S/C43H39N/c1-5-28(3)44-31-14-11-21-34(41(26-31)43-27(2)13-10-22-42(43)44)33-20-12-19-32(29(33)4)30-23-24-39-37-17-7-6-15-35(37)36-16-8-9-18-38(36)40(39)25-30/h5-14,16-25,31,35,41H,15,26H2,1-4H3. The van der Waals surface area contributed by atoms with Gasteiger partial charge in [-0.25, -0.2) is 0 Å². The van der Waals surface area contributed by atoms with E-state index in [4.69, 9.17) is 0 Å². The minimum atomic E-state index is 0.344. The third kappa shape index (κ3) is 4.06. The van der Waals surface area contributed by atoms with Crippen LogP contribution in [0.5, 0.6) is 0 Å². The van der Waals surface area contributed by atoms with Gasteiger partial charge in [-0.2, -0.15) is 0 Å². The first-order valence-electron chi connectivity index (χ1n) is 16.2. The van der Waals surface area contributed by atoms with Crippen LogP contribution >= 0.6 is 0 Å². The van der Waals surface area contributed by atoms with Gasteiger partial charge >= 0.3 is 0 Å². The Labute approximate surface area is 262 Å². The molecule has 1 heteroatoms. The summed E-state index contributed by atoms with van der Waals surface area (Å²) in [6.45, 7) is 9.00. The molecule has 1 aliphatic heterocycles. The van der Waals surface area contributed by atoms with Crippen molar-refractivity contribution in [2.75, 3.05) is 4.90 Å². The normalized spacial score (nSPS) is 21.4. The number of benzene rings is 4. The van der Waals surface area contributed by atoms with E-state index in [-0.39, 0.29) is 0 Å². The Kier molecular flexibility index (Phi) is 6.45. The van der Waals surface area contributed by atoms with Gasteiger partial charge < -0.3 is 4.90 Å². The molecule has 0 N–H and O–H groups in total. The van der Waals surface area contributed by atoms with Crippen LogP contribution in [0.3, 0.4) is 0 Å². The highest BCUT2D eigenvalue weighted by Gasteiger charge is 2.36.